The highest BCUT2D eigenvalue weighted by atomic mass is 16.2. The van der Waals surface area contributed by atoms with Crippen LogP contribution >= 0.6 is 0 Å². The number of amides is 2. The minimum atomic E-state index is -0.0702. The molecule has 3 N–H and O–H groups in total. The molecule has 0 bridgehead atoms. The molecule has 5 nitrogen and oxygen atoms in total. The van der Waals surface area contributed by atoms with E-state index in [1.54, 1.807) is 7.05 Å². The molecule has 1 aliphatic rings. The van der Waals surface area contributed by atoms with Gasteiger partial charge in [0, 0.05) is 25.6 Å². The predicted octanol–water partition coefficient (Wildman–Crippen LogP) is -0.149. The van der Waals surface area contributed by atoms with Gasteiger partial charge >= 0.3 is 0 Å². The molecule has 1 aliphatic carbocycles. The highest BCUT2D eigenvalue weighted by Crippen LogP contribution is 2.18. The summed E-state index contributed by atoms with van der Waals surface area (Å²) in [5.74, 6) is -0.0950. The van der Waals surface area contributed by atoms with Crippen LogP contribution in [0.1, 0.15) is 32.6 Å². The number of carbonyl (C=O) groups is 2. The molecule has 1 unspecified atom stereocenters. The number of nitrogens with two attached hydrogens (primary N) is 1. The van der Waals surface area contributed by atoms with Crippen molar-refractivity contribution >= 4 is 11.8 Å². The third-order valence-corrected chi connectivity index (χ3v) is 2.56. The molecule has 0 spiro atoms. The summed E-state index contributed by atoms with van der Waals surface area (Å²) in [6, 6.07) is 0.373. The standard InChI is InChI=1S/C11H21N3O2/c1-8(12)3-6-11(16)14(2)7-10(15)13-9-4-5-9/h8-9H,3-7,12H2,1-2H3,(H,13,15). The second-order valence-electron chi connectivity index (χ2n) is 4.61. The van der Waals surface area contributed by atoms with Gasteiger partial charge in [0.25, 0.3) is 0 Å². The third kappa shape index (κ3) is 5.11. The molecule has 0 aromatic carbocycles. The first-order valence-corrected chi connectivity index (χ1v) is 5.78. The van der Waals surface area contributed by atoms with E-state index in [4.69, 9.17) is 5.73 Å². The summed E-state index contributed by atoms with van der Waals surface area (Å²) in [7, 11) is 1.65. The van der Waals surface area contributed by atoms with E-state index in [0.29, 0.717) is 18.9 Å². The Balaban J connectivity index is 2.18. The Morgan fingerprint density at radius 2 is 2.12 bits per heavy atom. The molecule has 0 saturated heterocycles. The van der Waals surface area contributed by atoms with Crippen LogP contribution < -0.4 is 11.1 Å². The molecular weight excluding hydrogens is 206 g/mol. The number of carbonyl (C=O) groups excluding carboxylic acids is 2. The highest BCUT2D eigenvalue weighted by Gasteiger charge is 2.24. The van der Waals surface area contributed by atoms with Crippen LogP contribution in [0.3, 0.4) is 0 Å². The van der Waals surface area contributed by atoms with Gasteiger partial charge in [-0.3, -0.25) is 9.59 Å². The fourth-order valence-corrected chi connectivity index (χ4v) is 1.35. The summed E-state index contributed by atoms with van der Waals surface area (Å²) >= 11 is 0. The SMILES string of the molecule is CC(N)CCC(=O)N(C)CC(=O)NC1CC1. The molecule has 1 atom stereocenters. The molecule has 1 rings (SSSR count). The molecule has 0 radical (unpaired) electrons. The molecule has 5 heteroatoms. The predicted molar refractivity (Wildman–Crippen MR) is 61.7 cm³/mol. The van der Waals surface area contributed by atoms with Crippen molar-refractivity contribution < 1.29 is 9.59 Å². The third-order valence-electron chi connectivity index (χ3n) is 2.56. The van der Waals surface area contributed by atoms with Crippen LogP contribution in [0.5, 0.6) is 0 Å². The first-order valence-electron chi connectivity index (χ1n) is 5.78. The lowest BCUT2D eigenvalue weighted by Gasteiger charge is -2.17. The van der Waals surface area contributed by atoms with Gasteiger partial charge in [-0.2, -0.15) is 0 Å². The van der Waals surface area contributed by atoms with Gasteiger partial charge in [0.1, 0.15) is 0 Å². The van der Waals surface area contributed by atoms with E-state index >= 15 is 0 Å². The molecule has 92 valence electrons. The van der Waals surface area contributed by atoms with Crippen LogP contribution in [0.2, 0.25) is 0 Å². The zero-order valence-electron chi connectivity index (χ0n) is 10.0. The number of nitrogens with zero attached hydrogens (tertiary/aromatic N) is 1. The molecule has 1 saturated carbocycles. The van der Waals surface area contributed by atoms with E-state index in [2.05, 4.69) is 5.32 Å². The van der Waals surface area contributed by atoms with E-state index in [1.165, 1.54) is 4.90 Å². The summed E-state index contributed by atoms with van der Waals surface area (Å²) < 4.78 is 0. The molecule has 16 heavy (non-hydrogen) atoms. The van der Waals surface area contributed by atoms with Gasteiger partial charge < -0.3 is 16.0 Å². The number of nitrogens with one attached hydrogen (secondary N) is 1. The Labute approximate surface area is 96.4 Å². The summed E-state index contributed by atoms with van der Waals surface area (Å²) in [5.41, 5.74) is 5.57. The van der Waals surface area contributed by atoms with Gasteiger partial charge in [0.15, 0.2) is 0 Å². The van der Waals surface area contributed by atoms with Crippen LogP contribution in [0.25, 0.3) is 0 Å². The molecule has 0 aromatic rings. The van der Waals surface area contributed by atoms with Gasteiger partial charge in [0.2, 0.25) is 11.8 Å². The normalized spacial score (nSPS) is 16.7. The van der Waals surface area contributed by atoms with Crippen LogP contribution in [-0.2, 0) is 9.59 Å². The average molecular weight is 227 g/mol. The largest absolute Gasteiger partial charge is 0.352 e. The lowest BCUT2D eigenvalue weighted by Crippen LogP contribution is -2.39. The van der Waals surface area contributed by atoms with Crippen molar-refractivity contribution in [1.29, 1.82) is 0 Å². The van der Waals surface area contributed by atoms with Crippen molar-refractivity contribution in [2.24, 2.45) is 5.73 Å². The van der Waals surface area contributed by atoms with Gasteiger partial charge in [-0.1, -0.05) is 0 Å². The van der Waals surface area contributed by atoms with Crippen molar-refractivity contribution in [1.82, 2.24) is 10.2 Å². The molecular formula is C11H21N3O2. The first kappa shape index (κ1) is 13.0. The Morgan fingerprint density at radius 3 is 2.62 bits per heavy atom. The Morgan fingerprint density at radius 1 is 1.50 bits per heavy atom. The van der Waals surface area contributed by atoms with Crippen molar-refractivity contribution in [3.05, 3.63) is 0 Å². The monoisotopic (exact) mass is 227 g/mol. The maximum absolute atomic E-state index is 11.6. The molecule has 0 aromatic heterocycles. The second kappa shape index (κ2) is 5.84. The van der Waals surface area contributed by atoms with Crippen molar-refractivity contribution in [2.75, 3.05) is 13.6 Å². The lowest BCUT2D eigenvalue weighted by atomic mass is 10.2. The minimum Gasteiger partial charge on any atom is -0.352 e. The summed E-state index contributed by atoms with van der Waals surface area (Å²) in [5, 5.41) is 2.85. The maximum Gasteiger partial charge on any atom is 0.239 e. The zero-order chi connectivity index (χ0) is 12.1. The summed E-state index contributed by atoms with van der Waals surface area (Å²) in [4.78, 5) is 24.4. The fraction of sp³-hybridized carbons (Fsp3) is 0.818. The maximum atomic E-state index is 11.6. The topological polar surface area (TPSA) is 75.4 Å². The van der Waals surface area contributed by atoms with Crippen molar-refractivity contribution in [3.8, 4) is 0 Å². The molecule has 2 amide bonds. The van der Waals surface area contributed by atoms with E-state index < -0.39 is 0 Å². The van der Waals surface area contributed by atoms with Crippen LogP contribution in [0.15, 0.2) is 0 Å². The van der Waals surface area contributed by atoms with E-state index in [1.807, 2.05) is 6.92 Å². The lowest BCUT2D eigenvalue weighted by molar-refractivity contribution is -0.134. The van der Waals surface area contributed by atoms with E-state index in [9.17, 15) is 9.59 Å². The Bertz CT molecular complexity index is 262. The molecule has 1 fully saturated rings. The van der Waals surface area contributed by atoms with Crippen molar-refractivity contribution in [3.63, 3.8) is 0 Å². The average Bonchev–Trinajstić information content (AvgIpc) is 2.97. The summed E-state index contributed by atoms with van der Waals surface area (Å²) in [6.07, 6.45) is 3.19. The molecule has 0 heterocycles. The number of rotatable bonds is 6. The molecule has 0 aliphatic heterocycles. The van der Waals surface area contributed by atoms with Gasteiger partial charge in [-0.25, -0.2) is 0 Å². The first-order chi connectivity index (χ1) is 7.49. The number of hydrogen-bond acceptors (Lipinski definition) is 3. The number of hydrogen-bond donors (Lipinski definition) is 2. The highest BCUT2D eigenvalue weighted by molar-refractivity contribution is 5.84. The van der Waals surface area contributed by atoms with Crippen LogP contribution in [-0.4, -0.2) is 42.4 Å². The number of likely N-dealkylation sites (N-methyl/N-ethyl adjacent to an activating group) is 1. The van der Waals surface area contributed by atoms with Crippen LogP contribution in [0, 0.1) is 0 Å². The van der Waals surface area contributed by atoms with E-state index in [0.717, 1.165) is 12.8 Å². The van der Waals surface area contributed by atoms with Crippen LogP contribution in [0.4, 0.5) is 0 Å². The smallest absolute Gasteiger partial charge is 0.239 e. The minimum absolute atomic E-state index is 0.0248. The van der Waals surface area contributed by atoms with E-state index in [-0.39, 0.29) is 24.4 Å². The summed E-state index contributed by atoms with van der Waals surface area (Å²) in [6.45, 7) is 2.02. The van der Waals surface area contributed by atoms with Crippen molar-refractivity contribution in [2.45, 2.75) is 44.7 Å². The zero-order valence-corrected chi connectivity index (χ0v) is 10.0. The fourth-order valence-electron chi connectivity index (χ4n) is 1.35. The van der Waals surface area contributed by atoms with Gasteiger partial charge in [0.05, 0.1) is 6.54 Å². The second-order valence-corrected chi connectivity index (χ2v) is 4.61. The van der Waals surface area contributed by atoms with Gasteiger partial charge in [-0.15, -0.1) is 0 Å². The Hall–Kier alpha value is -1.10. The Kier molecular flexibility index (Phi) is 4.73. The quantitative estimate of drug-likeness (QED) is 0.662. The van der Waals surface area contributed by atoms with Gasteiger partial charge in [-0.05, 0) is 26.2 Å².